The van der Waals surface area contributed by atoms with E-state index in [0.29, 0.717) is 0 Å². The Labute approximate surface area is 77.9 Å². The van der Waals surface area contributed by atoms with Crippen LogP contribution < -0.4 is 10.6 Å². The lowest BCUT2D eigenvalue weighted by atomic mass is 10.3. The lowest BCUT2D eigenvalue weighted by Gasteiger charge is -2.05. The van der Waals surface area contributed by atoms with Gasteiger partial charge in [0.2, 0.25) is 0 Å². The summed E-state index contributed by atoms with van der Waals surface area (Å²) in [6.07, 6.45) is 0. The molecule has 0 aliphatic heterocycles. The lowest BCUT2D eigenvalue weighted by molar-refractivity contribution is 0.824. The number of anilines is 1. The number of likely N-dealkylation sites (N-methyl/N-ethyl adjacent to an activating group) is 1. The van der Waals surface area contributed by atoms with Crippen LogP contribution in [0.5, 0.6) is 0 Å². The largest absolute Gasteiger partial charge is 0.384 e. The first kappa shape index (κ1) is 9.36. The van der Waals surface area contributed by atoms with E-state index in [9.17, 15) is 0 Å². The van der Waals surface area contributed by atoms with Crippen molar-refractivity contribution in [3.8, 4) is 0 Å². The van der Waals surface area contributed by atoms with Crippen LogP contribution in [0.15, 0.2) is 24.3 Å². The third-order valence-corrected chi connectivity index (χ3v) is 1.76. The maximum Gasteiger partial charge on any atom is 0.0426 e. The summed E-state index contributed by atoms with van der Waals surface area (Å²) in [5.41, 5.74) is 1.07. The number of nitrogens with one attached hydrogen (secondary N) is 2. The fourth-order valence-corrected chi connectivity index (χ4v) is 1.12. The summed E-state index contributed by atoms with van der Waals surface area (Å²) in [4.78, 5) is 0. The maximum atomic E-state index is 5.80. The van der Waals surface area contributed by atoms with Crippen molar-refractivity contribution in [2.45, 2.75) is 0 Å². The third-order valence-electron chi connectivity index (χ3n) is 1.53. The summed E-state index contributed by atoms with van der Waals surface area (Å²) >= 11 is 5.80. The van der Waals surface area contributed by atoms with Gasteiger partial charge in [-0.25, -0.2) is 0 Å². The molecule has 0 spiro atoms. The molecule has 3 heteroatoms. The monoisotopic (exact) mass is 184 g/mol. The van der Waals surface area contributed by atoms with E-state index < -0.39 is 0 Å². The number of rotatable bonds is 4. The minimum Gasteiger partial charge on any atom is -0.384 e. The first-order valence-electron chi connectivity index (χ1n) is 3.97. The molecule has 1 aromatic rings. The lowest BCUT2D eigenvalue weighted by Crippen LogP contribution is -2.17. The van der Waals surface area contributed by atoms with E-state index in [1.807, 2.05) is 31.3 Å². The van der Waals surface area contributed by atoms with Crippen molar-refractivity contribution in [2.75, 3.05) is 25.5 Å². The molecule has 1 aromatic carbocycles. The van der Waals surface area contributed by atoms with Gasteiger partial charge in [-0.3, -0.25) is 0 Å². The SMILES string of the molecule is CNCCNc1cccc(Cl)c1. The number of halogens is 1. The Bertz CT molecular complexity index is 238. The zero-order valence-corrected chi connectivity index (χ0v) is 7.86. The molecule has 12 heavy (non-hydrogen) atoms. The standard InChI is InChI=1S/C9H13ClN2/c1-11-5-6-12-9-4-2-3-8(10)7-9/h2-4,7,11-12H,5-6H2,1H3. The average molecular weight is 185 g/mol. The fraction of sp³-hybridized carbons (Fsp3) is 0.333. The van der Waals surface area contributed by atoms with Crippen LogP contribution in [0, 0.1) is 0 Å². The fourth-order valence-electron chi connectivity index (χ4n) is 0.930. The second kappa shape index (κ2) is 5.01. The highest BCUT2D eigenvalue weighted by Crippen LogP contribution is 2.14. The molecule has 0 aromatic heterocycles. The zero-order valence-electron chi connectivity index (χ0n) is 7.10. The van der Waals surface area contributed by atoms with Crippen LogP contribution in [0.25, 0.3) is 0 Å². The van der Waals surface area contributed by atoms with Gasteiger partial charge in [-0.1, -0.05) is 17.7 Å². The van der Waals surface area contributed by atoms with Crippen LogP contribution in [-0.4, -0.2) is 20.1 Å². The van der Waals surface area contributed by atoms with Crippen LogP contribution in [-0.2, 0) is 0 Å². The van der Waals surface area contributed by atoms with Crippen LogP contribution in [0.4, 0.5) is 5.69 Å². The summed E-state index contributed by atoms with van der Waals surface area (Å²) in [5, 5.41) is 7.06. The van der Waals surface area contributed by atoms with Crippen molar-refractivity contribution < 1.29 is 0 Å². The molecule has 0 bridgehead atoms. The Morgan fingerprint density at radius 1 is 1.33 bits per heavy atom. The van der Waals surface area contributed by atoms with E-state index in [4.69, 9.17) is 11.6 Å². The summed E-state index contributed by atoms with van der Waals surface area (Å²) in [5.74, 6) is 0. The molecule has 2 N–H and O–H groups in total. The Morgan fingerprint density at radius 3 is 2.83 bits per heavy atom. The molecule has 0 atom stereocenters. The highest BCUT2D eigenvalue weighted by molar-refractivity contribution is 6.30. The Kier molecular flexibility index (Phi) is 3.91. The molecule has 0 aliphatic rings. The van der Waals surface area contributed by atoms with Crippen LogP contribution in [0.3, 0.4) is 0 Å². The van der Waals surface area contributed by atoms with Gasteiger partial charge < -0.3 is 10.6 Å². The minimum atomic E-state index is 0.768. The Balaban J connectivity index is 2.41. The van der Waals surface area contributed by atoms with Gasteiger partial charge in [0.1, 0.15) is 0 Å². The molecule has 0 aliphatic carbocycles. The van der Waals surface area contributed by atoms with Crippen molar-refractivity contribution in [2.24, 2.45) is 0 Å². The highest BCUT2D eigenvalue weighted by atomic mass is 35.5. The molecule has 0 fully saturated rings. The Hall–Kier alpha value is -0.730. The van der Waals surface area contributed by atoms with E-state index in [1.54, 1.807) is 0 Å². The second-order valence-corrected chi connectivity index (χ2v) is 2.98. The van der Waals surface area contributed by atoms with Gasteiger partial charge in [-0.15, -0.1) is 0 Å². The van der Waals surface area contributed by atoms with Gasteiger partial charge in [0.25, 0.3) is 0 Å². The van der Waals surface area contributed by atoms with Crippen molar-refractivity contribution in [1.29, 1.82) is 0 Å². The van der Waals surface area contributed by atoms with Crippen molar-refractivity contribution in [3.05, 3.63) is 29.3 Å². The van der Waals surface area contributed by atoms with E-state index in [1.165, 1.54) is 0 Å². The summed E-state index contributed by atoms with van der Waals surface area (Å²) in [6, 6.07) is 7.72. The summed E-state index contributed by atoms with van der Waals surface area (Å²) in [7, 11) is 1.93. The predicted molar refractivity (Wildman–Crippen MR) is 53.9 cm³/mol. The quantitative estimate of drug-likeness (QED) is 0.700. The van der Waals surface area contributed by atoms with E-state index in [-0.39, 0.29) is 0 Å². The van der Waals surface area contributed by atoms with Gasteiger partial charge in [-0.2, -0.15) is 0 Å². The second-order valence-electron chi connectivity index (χ2n) is 2.54. The van der Waals surface area contributed by atoms with Crippen LogP contribution in [0.2, 0.25) is 5.02 Å². The number of hydrogen-bond donors (Lipinski definition) is 2. The van der Waals surface area contributed by atoms with Crippen LogP contribution >= 0.6 is 11.6 Å². The molecule has 0 saturated carbocycles. The predicted octanol–water partition coefficient (Wildman–Crippen LogP) is 1.97. The minimum absolute atomic E-state index is 0.768. The van der Waals surface area contributed by atoms with Gasteiger partial charge in [0, 0.05) is 23.8 Å². The molecule has 0 saturated heterocycles. The highest BCUT2D eigenvalue weighted by Gasteiger charge is 1.90. The smallest absolute Gasteiger partial charge is 0.0426 e. The Morgan fingerprint density at radius 2 is 2.17 bits per heavy atom. The van der Waals surface area contributed by atoms with Crippen molar-refractivity contribution in [3.63, 3.8) is 0 Å². The summed E-state index contributed by atoms with van der Waals surface area (Å²) < 4.78 is 0. The molecule has 2 nitrogen and oxygen atoms in total. The molecular formula is C9H13ClN2. The van der Waals surface area contributed by atoms with E-state index >= 15 is 0 Å². The zero-order chi connectivity index (χ0) is 8.81. The molecule has 66 valence electrons. The molecular weight excluding hydrogens is 172 g/mol. The number of benzene rings is 1. The van der Waals surface area contributed by atoms with Crippen molar-refractivity contribution >= 4 is 17.3 Å². The molecule has 0 heterocycles. The first-order chi connectivity index (χ1) is 5.83. The topological polar surface area (TPSA) is 24.1 Å². The average Bonchev–Trinajstić information content (AvgIpc) is 2.05. The van der Waals surface area contributed by atoms with E-state index in [2.05, 4.69) is 10.6 Å². The molecule has 0 unspecified atom stereocenters. The normalized spacial score (nSPS) is 9.83. The van der Waals surface area contributed by atoms with Gasteiger partial charge in [-0.05, 0) is 25.2 Å². The van der Waals surface area contributed by atoms with Gasteiger partial charge in [0.05, 0.1) is 0 Å². The molecule has 0 radical (unpaired) electrons. The molecule has 1 rings (SSSR count). The van der Waals surface area contributed by atoms with Gasteiger partial charge >= 0.3 is 0 Å². The third kappa shape index (κ3) is 3.11. The number of hydrogen-bond acceptors (Lipinski definition) is 2. The molecule has 0 amide bonds. The summed E-state index contributed by atoms with van der Waals surface area (Å²) in [6.45, 7) is 1.86. The van der Waals surface area contributed by atoms with E-state index in [0.717, 1.165) is 23.8 Å². The first-order valence-corrected chi connectivity index (χ1v) is 4.35. The van der Waals surface area contributed by atoms with Gasteiger partial charge in [0.15, 0.2) is 0 Å². The maximum absolute atomic E-state index is 5.80. The van der Waals surface area contributed by atoms with Crippen molar-refractivity contribution in [1.82, 2.24) is 5.32 Å². The van der Waals surface area contributed by atoms with Crippen LogP contribution in [0.1, 0.15) is 0 Å².